The monoisotopic (exact) mass is 262 g/mol. The molecule has 0 saturated carbocycles. The van der Waals surface area contributed by atoms with Crippen LogP contribution >= 0.6 is 34.0 Å². The number of hydrogen-bond acceptors (Lipinski definition) is 3. The lowest BCUT2D eigenvalue weighted by atomic mass is 10.2. The van der Waals surface area contributed by atoms with E-state index in [9.17, 15) is 0 Å². The van der Waals surface area contributed by atoms with E-state index >= 15 is 0 Å². The van der Waals surface area contributed by atoms with Crippen molar-refractivity contribution in [3.05, 3.63) is 46.0 Å². The summed E-state index contributed by atoms with van der Waals surface area (Å²) in [6.45, 7) is 2.16. The average Bonchev–Trinajstić information content (AvgIpc) is 2.96. The minimum Gasteiger partial charge on any atom is -0.143 e. The van der Waals surface area contributed by atoms with E-state index in [0.29, 0.717) is 0 Å². The van der Waals surface area contributed by atoms with Crippen LogP contribution in [0.15, 0.2) is 41.1 Å². The molecule has 0 nitrogen and oxygen atoms in total. The fourth-order valence-electron chi connectivity index (χ4n) is 1.68. The first-order valence-electron chi connectivity index (χ1n) is 5.03. The molecule has 16 heavy (non-hydrogen) atoms. The Labute approximate surface area is 107 Å². The third-order valence-electron chi connectivity index (χ3n) is 2.42. The van der Waals surface area contributed by atoms with E-state index in [4.69, 9.17) is 0 Å². The van der Waals surface area contributed by atoms with E-state index in [0.717, 1.165) is 0 Å². The van der Waals surface area contributed by atoms with Gasteiger partial charge in [-0.15, -0.1) is 34.0 Å². The Morgan fingerprint density at radius 1 is 0.875 bits per heavy atom. The van der Waals surface area contributed by atoms with E-state index < -0.39 is 0 Å². The zero-order valence-corrected chi connectivity index (χ0v) is 11.2. The predicted octanol–water partition coefficient (Wildman–Crippen LogP) is 5.51. The molecule has 0 unspecified atom stereocenters. The summed E-state index contributed by atoms with van der Waals surface area (Å²) in [6, 6.07) is 10.9. The van der Waals surface area contributed by atoms with Crippen molar-refractivity contribution in [3.63, 3.8) is 0 Å². The summed E-state index contributed by atoms with van der Waals surface area (Å²) in [5.41, 5.74) is 1.38. The highest BCUT2D eigenvalue weighted by Gasteiger charge is 2.10. The van der Waals surface area contributed by atoms with Crippen molar-refractivity contribution in [1.82, 2.24) is 0 Å². The molecular formula is C13H10S3. The first kappa shape index (κ1) is 10.3. The summed E-state index contributed by atoms with van der Waals surface area (Å²) in [6.07, 6.45) is 0. The number of rotatable bonds is 2. The Morgan fingerprint density at radius 3 is 2.50 bits per heavy atom. The normalized spacial score (nSPS) is 10.8. The first-order valence-corrected chi connectivity index (χ1v) is 7.60. The fourth-order valence-corrected chi connectivity index (χ4v) is 4.44. The van der Waals surface area contributed by atoms with Gasteiger partial charge in [-0.3, -0.25) is 0 Å². The highest BCUT2D eigenvalue weighted by molar-refractivity contribution is 7.21. The van der Waals surface area contributed by atoms with Crippen molar-refractivity contribution in [2.75, 3.05) is 0 Å². The first-order chi connectivity index (χ1) is 7.84. The van der Waals surface area contributed by atoms with Gasteiger partial charge < -0.3 is 0 Å². The lowest BCUT2D eigenvalue weighted by molar-refractivity contribution is 1.64. The van der Waals surface area contributed by atoms with Crippen LogP contribution in [0.3, 0.4) is 0 Å². The second-order valence-corrected chi connectivity index (χ2v) is 6.70. The largest absolute Gasteiger partial charge is 0.143 e. The Bertz CT molecular complexity index is 584. The molecule has 3 rings (SSSR count). The maximum atomic E-state index is 2.23. The molecule has 3 aromatic rings. The lowest BCUT2D eigenvalue weighted by Gasteiger charge is -1.98. The van der Waals surface area contributed by atoms with Gasteiger partial charge in [0.25, 0.3) is 0 Å². The second kappa shape index (κ2) is 4.17. The van der Waals surface area contributed by atoms with Gasteiger partial charge in [-0.25, -0.2) is 0 Å². The van der Waals surface area contributed by atoms with E-state index in [1.165, 1.54) is 25.1 Å². The van der Waals surface area contributed by atoms with Crippen molar-refractivity contribution in [2.24, 2.45) is 0 Å². The molecule has 3 aromatic heterocycles. The van der Waals surface area contributed by atoms with Crippen LogP contribution in [-0.2, 0) is 0 Å². The molecule has 0 aliphatic rings. The Morgan fingerprint density at radius 2 is 1.81 bits per heavy atom. The summed E-state index contributed by atoms with van der Waals surface area (Å²) in [4.78, 5) is 5.52. The predicted molar refractivity (Wildman–Crippen MR) is 75.7 cm³/mol. The van der Waals surface area contributed by atoms with Crippen molar-refractivity contribution >= 4 is 34.0 Å². The smallest absolute Gasteiger partial charge is 0.0529 e. The number of aryl methyl sites for hydroxylation is 1. The zero-order chi connectivity index (χ0) is 11.0. The van der Waals surface area contributed by atoms with Crippen LogP contribution in [-0.4, -0.2) is 0 Å². The highest BCUT2D eigenvalue weighted by atomic mass is 32.1. The summed E-state index contributed by atoms with van der Waals surface area (Å²) in [5, 5.41) is 4.32. The molecule has 0 radical (unpaired) electrons. The van der Waals surface area contributed by atoms with Crippen LogP contribution < -0.4 is 0 Å². The second-order valence-electron chi connectivity index (χ2n) is 3.55. The van der Waals surface area contributed by atoms with Gasteiger partial charge in [0.1, 0.15) is 0 Å². The Kier molecular flexibility index (Phi) is 2.67. The molecule has 0 aromatic carbocycles. The minimum atomic E-state index is 1.37. The molecule has 80 valence electrons. The van der Waals surface area contributed by atoms with Crippen LogP contribution in [0.4, 0.5) is 0 Å². The summed E-state index contributed by atoms with van der Waals surface area (Å²) in [5.74, 6) is 0. The Hall–Kier alpha value is -0.900. The van der Waals surface area contributed by atoms with Gasteiger partial charge in [-0.2, -0.15) is 0 Å². The standard InChI is InChI=1S/C13H10S3/c1-9-4-5-11(16-9)10-6-8-15-13(10)12-3-2-7-14-12/h2-8H,1H3. The van der Waals surface area contributed by atoms with Crippen LogP contribution in [0.1, 0.15) is 4.88 Å². The number of thiophene rings is 3. The van der Waals surface area contributed by atoms with Crippen LogP contribution in [0.25, 0.3) is 20.2 Å². The van der Waals surface area contributed by atoms with Gasteiger partial charge in [-0.1, -0.05) is 6.07 Å². The summed E-state index contributed by atoms with van der Waals surface area (Å²) < 4.78 is 0. The molecule has 0 aliphatic carbocycles. The number of hydrogen-bond donors (Lipinski definition) is 0. The zero-order valence-electron chi connectivity index (χ0n) is 8.77. The average molecular weight is 262 g/mol. The summed E-state index contributed by atoms with van der Waals surface area (Å²) >= 11 is 5.51. The molecule has 0 fully saturated rings. The summed E-state index contributed by atoms with van der Waals surface area (Å²) in [7, 11) is 0. The van der Waals surface area contributed by atoms with Crippen LogP contribution in [0.2, 0.25) is 0 Å². The molecule has 3 heteroatoms. The van der Waals surface area contributed by atoms with Crippen molar-refractivity contribution in [3.8, 4) is 20.2 Å². The van der Waals surface area contributed by atoms with Crippen LogP contribution in [0, 0.1) is 6.92 Å². The molecular weight excluding hydrogens is 252 g/mol. The molecule has 0 amide bonds. The van der Waals surface area contributed by atoms with Crippen LogP contribution in [0.5, 0.6) is 0 Å². The van der Waals surface area contributed by atoms with Gasteiger partial charge in [0.2, 0.25) is 0 Å². The van der Waals surface area contributed by atoms with E-state index in [-0.39, 0.29) is 0 Å². The van der Waals surface area contributed by atoms with E-state index in [2.05, 4.69) is 48.0 Å². The maximum absolute atomic E-state index is 2.23. The molecule has 3 heterocycles. The third-order valence-corrected chi connectivity index (χ3v) is 5.41. The fraction of sp³-hybridized carbons (Fsp3) is 0.0769. The molecule has 0 atom stereocenters. The quantitative estimate of drug-likeness (QED) is 0.571. The van der Waals surface area contributed by atoms with Gasteiger partial charge in [0, 0.05) is 20.2 Å². The minimum absolute atomic E-state index is 1.37. The third kappa shape index (κ3) is 1.75. The Balaban J connectivity index is 2.13. The molecule has 0 saturated heterocycles. The van der Waals surface area contributed by atoms with Gasteiger partial charge in [0.05, 0.1) is 4.88 Å². The van der Waals surface area contributed by atoms with E-state index in [1.807, 2.05) is 34.0 Å². The van der Waals surface area contributed by atoms with Crippen molar-refractivity contribution in [2.45, 2.75) is 6.92 Å². The van der Waals surface area contributed by atoms with Gasteiger partial charge in [0.15, 0.2) is 0 Å². The van der Waals surface area contributed by atoms with Crippen molar-refractivity contribution in [1.29, 1.82) is 0 Å². The van der Waals surface area contributed by atoms with Gasteiger partial charge in [-0.05, 0) is 41.9 Å². The lowest BCUT2D eigenvalue weighted by Crippen LogP contribution is -1.69. The molecule has 0 aliphatic heterocycles. The topological polar surface area (TPSA) is 0 Å². The molecule has 0 spiro atoms. The maximum Gasteiger partial charge on any atom is 0.0529 e. The van der Waals surface area contributed by atoms with Gasteiger partial charge >= 0.3 is 0 Å². The molecule has 0 N–H and O–H groups in total. The SMILES string of the molecule is Cc1ccc(-c2ccsc2-c2cccs2)s1. The van der Waals surface area contributed by atoms with E-state index in [1.54, 1.807) is 0 Å². The molecule has 0 bridgehead atoms. The highest BCUT2D eigenvalue weighted by Crippen LogP contribution is 2.41. The van der Waals surface area contributed by atoms with Crippen molar-refractivity contribution < 1.29 is 0 Å².